The summed E-state index contributed by atoms with van der Waals surface area (Å²) in [4.78, 5) is 19.2. The molecule has 0 aliphatic carbocycles. The topological polar surface area (TPSA) is 52.1 Å². The van der Waals surface area contributed by atoms with Crippen LogP contribution in [0.5, 0.6) is 0 Å². The van der Waals surface area contributed by atoms with Gasteiger partial charge in [0.05, 0.1) is 12.4 Å². The van der Waals surface area contributed by atoms with Crippen molar-refractivity contribution in [2.75, 3.05) is 0 Å². The van der Waals surface area contributed by atoms with Crippen LogP contribution in [0.1, 0.15) is 31.3 Å². The lowest BCUT2D eigenvalue weighted by molar-refractivity contribution is 0.00623. The van der Waals surface area contributed by atoms with E-state index in [1.165, 1.54) is 12.4 Å². The molecule has 0 aromatic carbocycles. The van der Waals surface area contributed by atoms with Crippen molar-refractivity contribution in [1.82, 2.24) is 9.97 Å². The highest BCUT2D eigenvalue weighted by Gasteiger charge is 2.18. The minimum Gasteiger partial charge on any atom is -0.455 e. The van der Waals surface area contributed by atoms with Gasteiger partial charge in [0.1, 0.15) is 10.2 Å². The highest BCUT2D eigenvalue weighted by molar-refractivity contribution is 9.10. The number of ether oxygens (including phenoxy) is 1. The van der Waals surface area contributed by atoms with Crippen LogP contribution < -0.4 is 0 Å². The molecule has 0 unspecified atom stereocenters. The van der Waals surface area contributed by atoms with Gasteiger partial charge in [-0.05, 0) is 36.7 Å². The molecule has 0 saturated carbocycles. The quantitative estimate of drug-likeness (QED) is 0.725. The molecule has 1 aromatic heterocycles. The van der Waals surface area contributed by atoms with Crippen LogP contribution in [0.2, 0.25) is 0 Å². The second kappa shape index (κ2) is 4.04. The largest absolute Gasteiger partial charge is 0.455 e. The van der Waals surface area contributed by atoms with E-state index in [4.69, 9.17) is 4.74 Å². The van der Waals surface area contributed by atoms with E-state index in [0.29, 0.717) is 4.60 Å². The van der Waals surface area contributed by atoms with E-state index in [1.54, 1.807) is 20.8 Å². The SMILES string of the molecule is CC(C)(C)OC(=O)c1cnc(Br)cn1. The predicted octanol–water partition coefficient (Wildman–Crippen LogP) is 2.19. The molecule has 0 radical (unpaired) electrons. The Balaban J connectivity index is 2.76. The summed E-state index contributed by atoms with van der Waals surface area (Å²) in [6, 6.07) is 0. The highest BCUT2D eigenvalue weighted by Crippen LogP contribution is 2.11. The maximum atomic E-state index is 11.4. The van der Waals surface area contributed by atoms with E-state index >= 15 is 0 Å². The minimum absolute atomic E-state index is 0.211. The fraction of sp³-hybridized carbons (Fsp3) is 0.444. The van der Waals surface area contributed by atoms with Crippen LogP contribution in [0.15, 0.2) is 17.0 Å². The molecular weight excluding hydrogens is 248 g/mol. The first-order valence-electron chi connectivity index (χ1n) is 4.09. The zero-order valence-electron chi connectivity index (χ0n) is 8.24. The van der Waals surface area contributed by atoms with E-state index < -0.39 is 11.6 Å². The summed E-state index contributed by atoms with van der Waals surface area (Å²) in [5.41, 5.74) is -0.297. The zero-order valence-corrected chi connectivity index (χ0v) is 9.83. The standard InChI is InChI=1S/C9H11BrN2O2/c1-9(2,3)14-8(13)6-4-12-7(10)5-11-6/h4-5H,1-3H3. The molecule has 0 aliphatic heterocycles. The average molecular weight is 259 g/mol. The number of hydrogen-bond acceptors (Lipinski definition) is 4. The maximum Gasteiger partial charge on any atom is 0.359 e. The fourth-order valence-corrected chi connectivity index (χ4v) is 0.953. The summed E-state index contributed by atoms with van der Waals surface area (Å²) < 4.78 is 5.69. The van der Waals surface area contributed by atoms with Gasteiger partial charge in [0, 0.05) is 0 Å². The normalized spacial score (nSPS) is 11.1. The summed E-state index contributed by atoms with van der Waals surface area (Å²) in [6.07, 6.45) is 2.83. The molecule has 76 valence electrons. The van der Waals surface area contributed by atoms with Crippen LogP contribution in [-0.4, -0.2) is 21.5 Å². The number of esters is 1. The number of rotatable bonds is 1. The Bertz CT molecular complexity index is 330. The van der Waals surface area contributed by atoms with Gasteiger partial charge < -0.3 is 4.74 Å². The van der Waals surface area contributed by atoms with E-state index in [2.05, 4.69) is 25.9 Å². The lowest BCUT2D eigenvalue weighted by Gasteiger charge is -2.18. The van der Waals surface area contributed by atoms with Gasteiger partial charge in [0.25, 0.3) is 0 Å². The van der Waals surface area contributed by atoms with Gasteiger partial charge in [0.15, 0.2) is 5.69 Å². The van der Waals surface area contributed by atoms with Gasteiger partial charge in [-0.3, -0.25) is 0 Å². The van der Waals surface area contributed by atoms with Crippen LogP contribution >= 0.6 is 15.9 Å². The van der Waals surface area contributed by atoms with Gasteiger partial charge in [-0.25, -0.2) is 14.8 Å². The number of halogens is 1. The second-order valence-corrected chi connectivity index (χ2v) is 4.54. The average Bonchev–Trinajstić information content (AvgIpc) is 2.02. The van der Waals surface area contributed by atoms with Crippen LogP contribution in [0.3, 0.4) is 0 Å². The molecule has 0 N–H and O–H groups in total. The van der Waals surface area contributed by atoms with E-state index in [1.807, 2.05) is 0 Å². The minimum atomic E-state index is -0.508. The molecule has 1 heterocycles. The molecule has 0 fully saturated rings. The first kappa shape index (κ1) is 11.1. The van der Waals surface area contributed by atoms with Crippen molar-refractivity contribution in [2.45, 2.75) is 26.4 Å². The number of carbonyl (C=O) groups excluding carboxylic acids is 1. The van der Waals surface area contributed by atoms with Crippen molar-refractivity contribution >= 4 is 21.9 Å². The molecule has 0 bridgehead atoms. The van der Waals surface area contributed by atoms with Crippen molar-refractivity contribution in [1.29, 1.82) is 0 Å². The number of carbonyl (C=O) groups is 1. The third-order valence-electron chi connectivity index (χ3n) is 1.23. The lowest BCUT2D eigenvalue weighted by Crippen LogP contribution is -2.24. The van der Waals surface area contributed by atoms with Gasteiger partial charge in [0.2, 0.25) is 0 Å². The van der Waals surface area contributed by atoms with Crippen LogP contribution in [-0.2, 0) is 4.74 Å². The smallest absolute Gasteiger partial charge is 0.359 e. The molecule has 0 amide bonds. The molecule has 0 spiro atoms. The van der Waals surface area contributed by atoms with E-state index in [0.717, 1.165) is 0 Å². The van der Waals surface area contributed by atoms with E-state index in [9.17, 15) is 4.79 Å². The molecule has 0 saturated heterocycles. The Labute approximate surface area is 90.8 Å². The van der Waals surface area contributed by atoms with Crippen LogP contribution in [0.4, 0.5) is 0 Å². The molecule has 0 aliphatic rings. The Morgan fingerprint density at radius 3 is 2.43 bits per heavy atom. The third-order valence-corrected chi connectivity index (χ3v) is 1.64. The third kappa shape index (κ3) is 3.41. The Hall–Kier alpha value is -0.970. The molecule has 5 heteroatoms. The number of hydrogen-bond donors (Lipinski definition) is 0. The molecule has 14 heavy (non-hydrogen) atoms. The predicted molar refractivity (Wildman–Crippen MR) is 54.9 cm³/mol. The Kier molecular flexibility index (Phi) is 3.21. The lowest BCUT2D eigenvalue weighted by atomic mass is 10.2. The molecular formula is C9H11BrN2O2. The Morgan fingerprint density at radius 1 is 1.36 bits per heavy atom. The van der Waals surface area contributed by atoms with Gasteiger partial charge in [-0.2, -0.15) is 0 Å². The highest BCUT2D eigenvalue weighted by atomic mass is 79.9. The van der Waals surface area contributed by atoms with Crippen molar-refractivity contribution in [3.63, 3.8) is 0 Å². The van der Waals surface area contributed by atoms with Crippen LogP contribution in [0.25, 0.3) is 0 Å². The van der Waals surface area contributed by atoms with Crippen molar-refractivity contribution in [3.05, 3.63) is 22.7 Å². The van der Waals surface area contributed by atoms with Crippen LogP contribution in [0, 0.1) is 0 Å². The number of nitrogens with zero attached hydrogens (tertiary/aromatic N) is 2. The molecule has 4 nitrogen and oxygen atoms in total. The zero-order chi connectivity index (χ0) is 10.8. The summed E-state index contributed by atoms with van der Waals surface area (Å²) in [5, 5.41) is 0. The molecule has 1 rings (SSSR count). The van der Waals surface area contributed by atoms with Crippen molar-refractivity contribution in [2.24, 2.45) is 0 Å². The summed E-state index contributed by atoms with van der Waals surface area (Å²) in [6.45, 7) is 5.41. The summed E-state index contributed by atoms with van der Waals surface area (Å²) in [5.74, 6) is -0.461. The summed E-state index contributed by atoms with van der Waals surface area (Å²) in [7, 11) is 0. The first-order valence-corrected chi connectivity index (χ1v) is 4.89. The fourth-order valence-electron chi connectivity index (χ4n) is 0.748. The summed E-state index contributed by atoms with van der Waals surface area (Å²) >= 11 is 3.13. The van der Waals surface area contributed by atoms with Gasteiger partial charge in [-0.1, -0.05) is 0 Å². The monoisotopic (exact) mass is 258 g/mol. The van der Waals surface area contributed by atoms with Gasteiger partial charge in [-0.15, -0.1) is 0 Å². The van der Waals surface area contributed by atoms with E-state index in [-0.39, 0.29) is 5.69 Å². The van der Waals surface area contributed by atoms with Crippen molar-refractivity contribution < 1.29 is 9.53 Å². The van der Waals surface area contributed by atoms with Gasteiger partial charge >= 0.3 is 5.97 Å². The second-order valence-electron chi connectivity index (χ2n) is 3.73. The van der Waals surface area contributed by atoms with Crippen molar-refractivity contribution in [3.8, 4) is 0 Å². The number of aromatic nitrogens is 2. The first-order chi connectivity index (χ1) is 6.38. The Morgan fingerprint density at radius 2 is 2.00 bits per heavy atom. The molecule has 1 aromatic rings. The molecule has 0 atom stereocenters. The maximum absolute atomic E-state index is 11.4.